The first kappa shape index (κ1) is 25.8. The largest absolute Gasteiger partial charge is 0.362 e. The number of hydrogen-bond acceptors (Lipinski definition) is 8. The summed E-state index contributed by atoms with van der Waals surface area (Å²) in [7, 11) is -0.127. The summed E-state index contributed by atoms with van der Waals surface area (Å²) in [5.74, 6) is 0.995. The van der Waals surface area contributed by atoms with Gasteiger partial charge in [0.1, 0.15) is 5.82 Å². The molecule has 1 fully saturated rings. The number of amides is 1. The number of aromatic nitrogens is 3. The van der Waals surface area contributed by atoms with E-state index in [0.717, 1.165) is 37.1 Å². The third-order valence-electron chi connectivity index (χ3n) is 6.14. The molecule has 0 aliphatic heterocycles. The highest BCUT2D eigenvalue weighted by molar-refractivity contribution is 7.91. The van der Waals surface area contributed by atoms with Gasteiger partial charge < -0.3 is 15.5 Å². The average Bonchev–Trinajstić information content (AvgIpc) is 2.86. The van der Waals surface area contributed by atoms with Gasteiger partial charge in [-0.1, -0.05) is 17.7 Å². The van der Waals surface area contributed by atoms with E-state index in [-0.39, 0.29) is 32.6 Å². The monoisotopic (exact) mass is 528 g/mol. The molecule has 1 aliphatic rings. The van der Waals surface area contributed by atoms with Crippen molar-refractivity contribution in [2.45, 2.75) is 54.6 Å². The van der Waals surface area contributed by atoms with Crippen LogP contribution in [0.1, 0.15) is 41.6 Å². The summed E-state index contributed by atoms with van der Waals surface area (Å²) in [6.45, 7) is 1.97. The third kappa shape index (κ3) is 5.76. The minimum Gasteiger partial charge on any atom is -0.362 e. The van der Waals surface area contributed by atoms with Crippen LogP contribution in [0.25, 0.3) is 0 Å². The van der Waals surface area contributed by atoms with E-state index < -0.39 is 15.7 Å². The van der Waals surface area contributed by atoms with Gasteiger partial charge in [-0.05, 0) is 62.9 Å². The number of nitrogens with zero attached hydrogens (tertiary/aromatic N) is 4. The van der Waals surface area contributed by atoms with Crippen molar-refractivity contribution in [2.24, 2.45) is 0 Å². The summed E-state index contributed by atoms with van der Waals surface area (Å²) in [5, 5.41) is 6.40. The SMILES string of the molecule is Cc1cnc(N[C@H]2CC[C@@H](NC(=O)c3cccnc3S(=O)(=O)c3cccc(Cl)c3)CC2)nc1N(C)C. The van der Waals surface area contributed by atoms with E-state index in [2.05, 4.69) is 25.6 Å². The molecule has 0 bridgehead atoms. The molecule has 4 rings (SSSR count). The van der Waals surface area contributed by atoms with Crippen LogP contribution in [0.5, 0.6) is 0 Å². The maximum Gasteiger partial charge on any atom is 0.254 e. The van der Waals surface area contributed by atoms with Crippen molar-refractivity contribution in [3.05, 3.63) is 64.9 Å². The van der Waals surface area contributed by atoms with Crippen LogP contribution in [0.4, 0.5) is 11.8 Å². The van der Waals surface area contributed by atoms with Crippen LogP contribution in [0.2, 0.25) is 5.02 Å². The lowest BCUT2D eigenvalue weighted by Crippen LogP contribution is -2.40. The fourth-order valence-electron chi connectivity index (χ4n) is 4.31. The number of carbonyl (C=O) groups excluding carboxylic acids is 1. The number of halogens is 1. The molecule has 3 aromatic rings. The summed E-state index contributed by atoms with van der Waals surface area (Å²) in [4.78, 5) is 28.1. The van der Waals surface area contributed by atoms with Crippen molar-refractivity contribution in [1.82, 2.24) is 20.3 Å². The van der Waals surface area contributed by atoms with Gasteiger partial charge in [-0.3, -0.25) is 4.79 Å². The standard InChI is InChI=1S/C25H29ClN6O3S/c1-16-15-28-25(31-22(16)32(2)3)30-19-11-9-18(10-12-19)29-23(33)21-8-5-13-27-24(21)36(34,35)20-7-4-6-17(26)14-20/h4-8,13-15,18-19H,9-12H2,1-3H3,(H,29,33)(H,28,30,31)/t18-,19+. The van der Waals surface area contributed by atoms with Gasteiger partial charge >= 0.3 is 0 Å². The molecule has 0 radical (unpaired) electrons. The summed E-state index contributed by atoms with van der Waals surface area (Å²) < 4.78 is 26.4. The lowest BCUT2D eigenvalue weighted by molar-refractivity contribution is 0.0922. The Kier molecular flexibility index (Phi) is 7.75. The molecular weight excluding hydrogens is 500 g/mol. The molecule has 9 nitrogen and oxygen atoms in total. The van der Waals surface area contributed by atoms with Gasteiger partial charge in [0.15, 0.2) is 5.03 Å². The lowest BCUT2D eigenvalue weighted by Gasteiger charge is -2.30. The Bertz CT molecular complexity index is 1360. The predicted octanol–water partition coefficient (Wildman–Crippen LogP) is 3.89. The van der Waals surface area contributed by atoms with E-state index in [1.807, 2.05) is 25.9 Å². The summed E-state index contributed by atoms with van der Waals surface area (Å²) >= 11 is 5.98. The Morgan fingerprint density at radius 3 is 2.47 bits per heavy atom. The number of aryl methyl sites for hydroxylation is 1. The van der Waals surface area contributed by atoms with Crippen LogP contribution >= 0.6 is 11.6 Å². The summed E-state index contributed by atoms with van der Waals surface area (Å²) in [6.07, 6.45) is 6.29. The average molecular weight is 529 g/mol. The highest BCUT2D eigenvalue weighted by Gasteiger charge is 2.29. The molecular formula is C25H29ClN6O3S. The molecule has 36 heavy (non-hydrogen) atoms. The van der Waals surface area contributed by atoms with Crippen molar-refractivity contribution in [2.75, 3.05) is 24.3 Å². The lowest BCUT2D eigenvalue weighted by atomic mass is 9.91. The molecule has 0 spiro atoms. The van der Waals surface area contributed by atoms with Gasteiger partial charge in [-0.2, -0.15) is 4.98 Å². The normalized spacial score (nSPS) is 17.9. The van der Waals surface area contributed by atoms with Crippen LogP contribution in [0.3, 0.4) is 0 Å². The van der Waals surface area contributed by atoms with Crippen molar-refractivity contribution in [1.29, 1.82) is 0 Å². The molecule has 190 valence electrons. The first-order valence-electron chi connectivity index (χ1n) is 11.7. The molecule has 1 aliphatic carbocycles. The Labute approximate surface area is 216 Å². The van der Waals surface area contributed by atoms with E-state index in [1.165, 1.54) is 24.4 Å². The Balaban J connectivity index is 1.41. The first-order chi connectivity index (χ1) is 17.1. The number of pyridine rings is 1. The van der Waals surface area contributed by atoms with Gasteiger partial charge in [-0.15, -0.1) is 0 Å². The number of anilines is 2. The van der Waals surface area contributed by atoms with Crippen LogP contribution in [-0.4, -0.2) is 55.5 Å². The molecule has 0 saturated heterocycles. The van der Waals surface area contributed by atoms with Crippen molar-refractivity contribution in [3.63, 3.8) is 0 Å². The number of rotatable bonds is 7. The van der Waals surface area contributed by atoms with Crippen LogP contribution in [0.15, 0.2) is 58.7 Å². The molecule has 1 saturated carbocycles. The second-order valence-corrected chi connectivity index (χ2v) is 11.4. The number of benzene rings is 1. The highest BCUT2D eigenvalue weighted by Crippen LogP contribution is 2.26. The van der Waals surface area contributed by atoms with Gasteiger partial charge in [0, 0.05) is 49.2 Å². The molecule has 2 aromatic heterocycles. The van der Waals surface area contributed by atoms with E-state index >= 15 is 0 Å². The molecule has 1 amide bonds. The number of sulfone groups is 1. The first-order valence-corrected chi connectivity index (χ1v) is 13.6. The molecule has 2 heterocycles. The zero-order valence-corrected chi connectivity index (χ0v) is 22.0. The van der Waals surface area contributed by atoms with Crippen molar-refractivity contribution in [3.8, 4) is 0 Å². The van der Waals surface area contributed by atoms with Crippen LogP contribution in [0, 0.1) is 6.92 Å². The minimum absolute atomic E-state index is 0.00918. The smallest absolute Gasteiger partial charge is 0.254 e. The maximum atomic E-state index is 13.2. The van der Waals surface area contributed by atoms with Gasteiger partial charge in [0.05, 0.1) is 10.5 Å². The van der Waals surface area contributed by atoms with Gasteiger partial charge in [0.2, 0.25) is 15.8 Å². The fourth-order valence-corrected chi connectivity index (χ4v) is 5.97. The predicted molar refractivity (Wildman–Crippen MR) is 139 cm³/mol. The zero-order valence-electron chi connectivity index (χ0n) is 20.4. The molecule has 0 atom stereocenters. The second-order valence-electron chi connectivity index (χ2n) is 9.08. The molecule has 0 unspecified atom stereocenters. The summed E-state index contributed by atoms with van der Waals surface area (Å²) in [6, 6.07) is 9.06. The minimum atomic E-state index is -4.02. The number of hydrogen-bond donors (Lipinski definition) is 2. The molecule has 2 N–H and O–H groups in total. The van der Waals surface area contributed by atoms with Crippen molar-refractivity contribution < 1.29 is 13.2 Å². The summed E-state index contributed by atoms with van der Waals surface area (Å²) in [5.41, 5.74) is 1.02. The third-order valence-corrected chi connectivity index (χ3v) is 8.08. The Morgan fingerprint density at radius 2 is 1.78 bits per heavy atom. The van der Waals surface area contributed by atoms with E-state index in [0.29, 0.717) is 5.95 Å². The van der Waals surface area contributed by atoms with Crippen molar-refractivity contribution >= 4 is 39.1 Å². The quantitative estimate of drug-likeness (QED) is 0.474. The number of nitrogens with one attached hydrogen (secondary N) is 2. The molecule has 1 aromatic carbocycles. The van der Waals surface area contributed by atoms with Gasteiger partial charge in [-0.25, -0.2) is 18.4 Å². The fraction of sp³-hybridized carbons (Fsp3) is 0.360. The van der Waals surface area contributed by atoms with Crippen LogP contribution < -0.4 is 15.5 Å². The Morgan fingerprint density at radius 1 is 1.06 bits per heavy atom. The topological polar surface area (TPSA) is 117 Å². The Hall–Kier alpha value is -3.24. The molecule has 11 heteroatoms. The van der Waals surface area contributed by atoms with E-state index in [9.17, 15) is 13.2 Å². The van der Waals surface area contributed by atoms with E-state index in [4.69, 9.17) is 11.6 Å². The number of carbonyl (C=O) groups is 1. The second kappa shape index (κ2) is 10.8. The maximum absolute atomic E-state index is 13.2. The van der Waals surface area contributed by atoms with E-state index in [1.54, 1.807) is 24.4 Å². The van der Waals surface area contributed by atoms with Gasteiger partial charge in [0.25, 0.3) is 5.91 Å². The zero-order chi connectivity index (χ0) is 25.9. The van der Waals surface area contributed by atoms with Crippen LogP contribution in [-0.2, 0) is 9.84 Å². The highest BCUT2D eigenvalue weighted by atomic mass is 35.5.